The number of carbonyl (C=O) groups excluding carboxylic acids is 4. The van der Waals surface area contributed by atoms with E-state index in [9.17, 15) is 19.2 Å². The second-order valence-corrected chi connectivity index (χ2v) is 5.83. The number of para-hydroxylation sites is 1. The zero-order valence-corrected chi connectivity index (χ0v) is 15.8. The monoisotopic (exact) mass is 379 g/mol. The smallest absolute Gasteiger partial charge is 0.328 e. The molecule has 9 nitrogen and oxygen atoms in total. The fourth-order valence-electron chi connectivity index (χ4n) is 2.22. The minimum atomic E-state index is -0.968. The third kappa shape index (κ3) is 7.35. The number of anilines is 1. The zero-order chi connectivity index (χ0) is 20.4. The Bertz CT molecular complexity index is 664. The van der Waals surface area contributed by atoms with E-state index in [0.717, 1.165) is 0 Å². The first kappa shape index (κ1) is 21.9. The molecule has 0 heterocycles. The molecule has 3 atom stereocenters. The average molecular weight is 379 g/mol. The maximum atomic E-state index is 12.5. The number of carbonyl (C=O) groups is 4. The molecule has 0 aliphatic heterocycles. The van der Waals surface area contributed by atoms with E-state index in [1.807, 2.05) is 6.07 Å². The van der Waals surface area contributed by atoms with Gasteiger partial charge in [0.1, 0.15) is 18.1 Å². The van der Waals surface area contributed by atoms with Crippen molar-refractivity contribution in [3.63, 3.8) is 0 Å². The molecule has 9 heteroatoms. The summed E-state index contributed by atoms with van der Waals surface area (Å²) in [5.74, 6) is -2.29. The first-order valence-electron chi connectivity index (χ1n) is 8.35. The normalized spacial score (nSPS) is 13.5. The minimum absolute atomic E-state index is 0.254. The molecule has 1 rings (SSSR count). The van der Waals surface area contributed by atoms with E-state index in [-0.39, 0.29) is 6.42 Å². The van der Waals surface area contributed by atoms with Crippen LogP contribution in [0.3, 0.4) is 0 Å². The Kier molecular flexibility index (Phi) is 8.77. The van der Waals surface area contributed by atoms with Gasteiger partial charge in [-0.1, -0.05) is 18.2 Å². The molecular weight excluding hydrogens is 354 g/mol. The van der Waals surface area contributed by atoms with Crippen LogP contribution in [-0.2, 0) is 28.7 Å². The Morgan fingerprint density at radius 3 is 1.93 bits per heavy atom. The van der Waals surface area contributed by atoms with E-state index >= 15 is 0 Å². The Labute approximate surface area is 157 Å². The second-order valence-electron chi connectivity index (χ2n) is 5.83. The van der Waals surface area contributed by atoms with Crippen molar-refractivity contribution in [3.8, 4) is 0 Å². The van der Waals surface area contributed by atoms with Crippen LogP contribution in [0.4, 0.5) is 5.69 Å². The van der Waals surface area contributed by atoms with Gasteiger partial charge in [-0.15, -0.1) is 0 Å². The largest absolute Gasteiger partial charge is 0.467 e. The molecule has 0 aliphatic rings. The third-order valence-electron chi connectivity index (χ3n) is 3.67. The molecule has 1 aromatic carbocycles. The quantitative estimate of drug-likeness (QED) is 0.524. The average Bonchev–Trinajstić information content (AvgIpc) is 2.66. The summed E-state index contributed by atoms with van der Waals surface area (Å²) < 4.78 is 9.13. The van der Waals surface area contributed by atoms with Gasteiger partial charge in [0.05, 0.1) is 20.6 Å². The number of ether oxygens (including phenoxy) is 2. The third-order valence-corrected chi connectivity index (χ3v) is 3.67. The van der Waals surface area contributed by atoms with Crippen molar-refractivity contribution in [1.29, 1.82) is 0 Å². The van der Waals surface area contributed by atoms with Gasteiger partial charge in [0.2, 0.25) is 11.8 Å². The molecule has 0 saturated heterocycles. The van der Waals surface area contributed by atoms with Crippen LogP contribution in [0.2, 0.25) is 0 Å². The van der Waals surface area contributed by atoms with Crippen LogP contribution in [0.15, 0.2) is 30.3 Å². The highest BCUT2D eigenvalue weighted by Gasteiger charge is 2.27. The molecule has 0 bridgehead atoms. The Hall–Kier alpha value is -3.10. The van der Waals surface area contributed by atoms with Gasteiger partial charge in [-0.3, -0.25) is 9.59 Å². The number of methoxy groups -OCH3 is 2. The summed E-state index contributed by atoms with van der Waals surface area (Å²) in [6.45, 7) is 2.95. The summed E-state index contributed by atoms with van der Waals surface area (Å²) >= 11 is 0. The van der Waals surface area contributed by atoms with Crippen molar-refractivity contribution in [1.82, 2.24) is 10.6 Å². The van der Waals surface area contributed by atoms with Crippen LogP contribution >= 0.6 is 0 Å². The molecule has 2 amide bonds. The molecule has 0 aromatic heterocycles. The van der Waals surface area contributed by atoms with Gasteiger partial charge < -0.3 is 25.4 Å². The van der Waals surface area contributed by atoms with Crippen LogP contribution in [0, 0.1) is 0 Å². The number of amides is 2. The number of hydrogen-bond acceptors (Lipinski definition) is 7. The molecule has 0 spiro atoms. The summed E-state index contributed by atoms with van der Waals surface area (Å²) in [5, 5.41) is 7.91. The van der Waals surface area contributed by atoms with E-state index in [0.29, 0.717) is 5.69 Å². The summed E-state index contributed by atoms with van der Waals surface area (Å²) in [6.07, 6.45) is -0.254. The van der Waals surface area contributed by atoms with Crippen molar-refractivity contribution in [2.24, 2.45) is 0 Å². The van der Waals surface area contributed by atoms with E-state index in [2.05, 4.69) is 25.4 Å². The SMILES string of the molecule is COC(=O)[C@H](C)NC(=O)C[C@H](Nc1ccccc1)C(=O)N[C@@H](C)C(=O)OC. The lowest BCUT2D eigenvalue weighted by Gasteiger charge is -2.22. The van der Waals surface area contributed by atoms with Gasteiger partial charge in [-0.25, -0.2) is 9.59 Å². The molecule has 27 heavy (non-hydrogen) atoms. The highest BCUT2D eigenvalue weighted by atomic mass is 16.5. The van der Waals surface area contributed by atoms with Crippen molar-refractivity contribution in [2.45, 2.75) is 38.4 Å². The number of hydrogen-bond donors (Lipinski definition) is 3. The topological polar surface area (TPSA) is 123 Å². The van der Waals surface area contributed by atoms with Crippen molar-refractivity contribution in [2.75, 3.05) is 19.5 Å². The van der Waals surface area contributed by atoms with E-state index in [4.69, 9.17) is 0 Å². The number of rotatable bonds is 9. The summed E-state index contributed by atoms with van der Waals surface area (Å²) in [7, 11) is 2.43. The van der Waals surface area contributed by atoms with Gasteiger partial charge in [0.25, 0.3) is 0 Å². The molecule has 1 aromatic rings. The number of esters is 2. The lowest BCUT2D eigenvalue weighted by atomic mass is 10.1. The molecule has 0 radical (unpaired) electrons. The fraction of sp³-hybridized carbons (Fsp3) is 0.444. The van der Waals surface area contributed by atoms with Gasteiger partial charge in [-0.2, -0.15) is 0 Å². The van der Waals surface area contributed by atoms with Crippen molar-refractivity contribution >= 4 is 29.4 Å². The first-order chi connectivity index (χ1) is 12.8. The number of benzene rings is 1. The maximum absolute atomic E-state index is 12.5. The lowest BCUT2D eigenvalue weighted by Crippen LogP contribution is -2.49. The van der Waals surface area contributed by atoms with Gasteiger partial charge in [-0.05, 0) is 26.0 Å². The van der Waals surface area contributed by atoms with Crippen molar-refractivity contribution < 1.29 is 28.7 Å². The van der Waals surface area contributed by atoms with Crippen LogP contribution < -0.4 is 16.0 Å². The summed E-state index contributed by atoms with van der Waals surface area (Å²) in [5.41, 5.74) is 0.622. The molecule has 148 valence electrons. The van der Waals surface area contributed by atoms with E-state index < -0.39 is 41.9 Å². The van der Waals surface area contributed by atoms with Gasteiger partial charge in [0, 0.05) is 5.69 Å². The first-order valence-corrected chi connectivity index (χ1v) is 8.35. The highest BCUT2D eigenvalue weighted by molar-refractivity contribution is 5.93. The predicted octanol–water partition coefficient (Wildman–Crippen LogP) is 0.213. The Morgan fingerprint density at radius 2 is 1.41 bits per heavy atom. The molecule has 3 N–H and O–H groups in total. The van der Waals surface area contributed by atoms with Crippen LogP contribution in [-0.4, -0.2) is 56.1 Å². The van der Waals surface area contributed by atoms with Crippen LogP contribution in [0.5, 0.6) is 0 Å². The standard InChI is InChI=1S/C18H25N3O6/c1-11(17(24)26-3)19-15(22)10-14(21-13-8-6-5-7-9-13)16(23)20-12(2)18(25)27-4/h5-9,11-12,14,21H,10H2,1-4H3,(H,19,22)(H,20,23)/t11-,12-,14-/m0/s1. The second kappa shape index (κ2) is 10.8. The molecule has 0 aliphatic carbocycles. The van der Waals surface area contributed by atoms with Crippen LogP contribution in [0.1, 0.15) is 20.3 Å². The molecule has 0 unspecified atom stereocenters. The zero-order valence-electron chi connectivity index (χ0n) is 15.8. The Balaban J connectivity index is 2.84. The van der Waals surface area contributed by atoms with Gasteiger partial charge in [0.15, 0.2) is 0 Å². The summed E-state index contributed by atoms with van der Waals surface area (Å²) in [4.78, 5) is 47.7. The maximum Gasteiger partial charge on any atom is 0.328 e. The lowest BCUT2D eigenvalue weighted by molar-refractivity contribution is -0.145. The minimum Gasteiger partial charge on any atom is -0.467 e. The Morgan fingerprint density at radius 1 is 0.889 bits per heavy atom. The highest BCUT2D eigenvalue weighted by Crippen LogP contribution is 2.10. The number of nitrogens with one attached hydrogen (secondary N) is 3. The van der Waals surface area contributed by atoms with Gasteiger partial charge >= 0.3 is 11.9 Å². The van der Waals surface area contributed by atoms with Crippen molar-refractivity contribution in [3.05, 3.63) is 30.3 Å². The molecule has 0 saturated carbocycles. The van der Waals surface area contributed by atoms with Crippen LogP contribution in [0.25, 0.3) is 0 Å². The summed E-state index contributed by atoms with van der Waals surface area (Å²) in [6, 6.07) is 6.13. The molecule has 0 fully saturated rings. The van der Waals surface area contributed by atoms with E-state index in [1.54, 1.807) is 24.3 Å². The van der Waals surface area contributed by atoms with E-state index in [1.165, 1.54) is 28.1 Å². The fourth-order valence-corrected chi connectivity index (χ4v) is 2.22. The predicted molar refractivity (Wildman–Crippen MR) is 97.7 cm³/mol. The molecular formula is C18H25N3O6.